The molecule has 0 fully saturated rings. The summed E-state index contributed by atoms with van der Waals surface area (Å²) in [6, 6.07) is 2.66. The lowest BCUT2D eigenvalue weighted by molar-refractivity contribution is 0.250. The second-order valence-corrected chi connectivity index (χ2v) is 6.01. The molecule has 0 aliphatic rings. The summed E-state index contributed by atoms with van der Waals surface area (Å²) in [6.45, 7) is 8.33. The summed E-state index contributed by atoms with van der Waals surface area (Å²) in [5.74, 6) is 2.25. The van der Waals surface area contributed by atoms with Gasteiger partial charge in [-0.25, -0.2) is 0 Å². The van der Waals surface area contributed by atoms with Crippen LogP contribution >= 0.6 is 11.8 Å². The highest BCUT2D eigenvalue weighted by molar-refractivity contribution is 7.99. The van der Waals surface area contributed by atoms with E-state index in [0.717, 1.165) is 17.9 Å². The van der Waals surface area contributed by atoms with Crippen LogP contribution in [-0.2, 0) is 0 Å². The number of rotatable bonds is 8. The first-order chi connectivity index (χ1) is 7.43. The molecule has 0 aromatic carbocycles. The average Bonchev–Trinajstić information content (AvgIpc) is 2.23. The van der Waals surface area contributed by atoms with Gasteiger partial charge in [0.1, 0.15) is 5.54 Å². The number of hydrogen-bond acceptors (Lipinski definition) is 4. The maximum absolute atomic E-state index is 9.13. The monoisotopic (exact) mass is 244 g/mol. The van der Waals surface area contributed by atoms with Crippen molar-refractivity contribution in [2.45, 2.75) is 45.7 Å². The normalized spacial score (nSPS) is 16.8. The summed E-state index contributed by atoms with van der Waals surface area (Å²) in [5, 5.41) is 21.3. The van der Waals surface area contributed by atoms with E-state index in [2.05, 4.69) is 25.2 Å². The smallest absolute Gasteiger partial charge is 0.104 e. The van der Waals surface area contributed by atoms with E-state index in [4.69, 9.17) is 10.4 Å². The lowest BCUT2D eigenvalue weighted by Crippen LogP contribution is -2.45. The summed E-state index contributed by atoms with van der Waals surface area (Å²) in [7, 11) is 0. The Hall–Kier alpha value is -0.240. The Bertz CT molecular complexity index is 228. The third-order valence-electron chi connectivity index (χ3n) is 2.31. The van der Waals surface area contributed by atoms with Crippen LogP contribution in [0.25, 0.3) is 0 Å². The minimum Gasteiger partial charge on any atom is -0.396 e. The van der Waals surface area contributed by atoms with Crippen LogP contribution in [0.5, 0.6) is 0 Å². The Kier molecular flexibility index (Phi) is 7.82. The molecule has 2 N–H and O–H groups in total. The van der Waals surface area contributed by atoms with Crippen molar-refractivity contribution in [1.82, 2.24) is 5.32 Å². The third-order valence-corrected chi connectivity index (χ3v) is 3.61. The van der Waals surface area contributed by atoms with E-state index < -0.39 is 5.54 Å². The van der Waals surface area contributed by atoms with Crippen LogP contribution in [0.15, 0.2) is 0 Å². The summed E-state index contributed by atoms with van der Waals surface area (Å²) in [5.41, 5.74) is -0.427. The molecule has 2 atom stereocenters. The van der Waals surface area contributed by atoms with Crippen molar-refractivity contribution in [3.05, 3.63) is 0 Å². The zero-order chi connectivity index (χ0) is 12.6. The molecule has 0 aliphatic heterocycles. The average molecular weight is 244 g/mol. The van der Waals surface area contributed by atoms with E-state index in [1.165, 1.54) is 0 Å². The Morgan fingerprint density at radius 2 is 2.06 bits per heavy atom. The van der Waals surface area contributed by atoms with Gasteiger partial charge in [0.05, 0.1) is 6.07 Å². The molecule has 0 aromatic rings. The van der Waals surface area contributed by atoms with Gasteiger partial charge in [-0.2, -0.15) is 17.0 Å². The van der Waals surface area contributed by atoms with E-state index in [1.807, 2.05) is 13.8 Å². The molecular formula is C12H24N2OS. The van der Waals surface area contributed by atoms with E-state index in [0.29, 0.717) is 12.0 Å². The van der Waals surface area contributed by atoms with Crippen molar-refractivity contribution in [3.8, 4) is 6.07 Å². The van der Waals surface area contributed by atoms with E-state index >= 15 is 0 Å². The topological polar surface area (TPSA) is 56.0 Å². The van der Waals surface area contributed by atoms with Gasteiger partial charge in [0.15, 0.2) is 0 Å². The Labute approximate surface area is 104 Å². The number of nitriles is 1. The SMILES string of the molecule is CC(CO)CSCCC(C)(C#N)NC(C)C. The largest absolute Gasteiger partial charge is 0.396 e. The second kappa shape index (κ2) is 7.94. The molecule has 3 nitrogen and oxygen atoms in total. The molecule has 4 heteroatoms. The molecule has 0 heterocycles. The van der Waals surface area contributed by atoms with Gasteiger partial charge in [-0.1, -0.05) is 6.92 Å². The van der Waals surface area contributed by atoms with Crippen LogP contribution in [-0.4, -0.2) is 34.8 Å². The van der Waals surface area contributed by atoms with Crippen LogP contribution in [0, 0.1) is 17.2 Å². The number of aliphatic hydroxyl groups excluding tert-OH is 1. The van der Waals surface area contributed by atoms with Gasteiger partial charge in [-0.3, -0.25) is 5.32 Å². The molecule has 0 aromatic heterocycles. The van der Waals surface area contributed by atoms with Gasteiger partial charge in [0, 0.05) is 12.6 Å². The molecular weight excluding hydrogens is 220 g/mol. The van der Waals surface area contributed by atoms with E-state index in [9.17, 15) is 0 Å². The quantitative estimate of drug-likeness (QED) is 0.641. The molecule has 0 spiro atoms. The fourth-order valence-electron chi connectivity index (χ4n) is 1.41. The zero-order valence-corrected chi connectivity index (χ0v) is 11.6. The highest BCUT2D eigenvalue weighted by Gasteiger charge is 2.23. The van der Waals surface area contributed by atoms with Crippen molar-refractivity contribution in [1.29, 1.82) is 5.26 Å². The standard InChI is InChI=1S/C12H24N2OS/c1-10(2)14-12(4,9-13)5-6-16-8-11(3)7-15/h10-11,14-15H,5-8H2,1-4H3. The zero-order valence-electron chi connectivity index (χ0n) is 10.8. The predicted octanol–water partition coefficient (Wildman–Crippen LogP) is 2.02. The molecule has 0 bridgehead atoms. The fraction of sp³-hybridized carbons (Fsp3) is 0.917. The van der Waals surface area contributed by atoms with Crippen molar-refractivity contribution in [2.24, 2.45) is 5.92 Å². The first-order valence-electron chi connectivity index (χ1n) is 5.81. The molecule has 16 heavy (non-hydrogen) atoms. The number of nitrogens with one attached hydrogen (secondary N) is 1. The van der Waals surface area contributed by atoms with Gasteiger partial charge in [0.2, 0.25) is 0 Å². The van der Waals surface area contributed by atoms with Crippen LogP contribution < -0.4 is 5.32 Å². The highest BCUT2D eigenvalue weighted by Crippen LogP contribution is 2.16. The first kappa shape index (κ1) is 15.8. The molecule has 0 radical (unpaired) electrons. The second-order valence-electron chi connectivity index (χ2n) is 4.86. The third kappa shape index (κ3) is 7.10. The lowest BCUT2D eigenvalue weighted by Gasteiger charge is -2.25. The Morgan fingerprint density at radius 1 is 1.44 bits per heavy atom. The van der Waals surface area contributed by atoms with Crippen molar-refractivity contribution < 1.29 is 5.11 Å². The Morgan fingerprint density at radius 3 is 2.50 bits per heavy atom. The highest BCUT2D eigenvalue weighted by atomic mass is 32.2. The first-order valence-corrected chi connectivity index (χ1v) is 6.96. The van der Waals surface area contributed by atoms with Gasteiger partial charge in [-0.15, -0.1) is 0 Å². The number of nitrogens with zero attached hydrogens (tertiary/aromatic N) is 1. The fourth-order valence-corrected chi connectivity index (χ4v) is 2.64. The van der Waals surface area contributed by atoms with Crippen LogP contribution in [0.2, 0.25) is 0 Å². The van der Waals surface area contributed by atoms with Gasteiger partial charge < -0.3 is 5.11 Å². The van der Waals surface area contributed by atoms with Gasteiger partial charge in [0.25, 0.3) is 0 Å². The van der Waals surface area contributed by atoms with E-state index in [1.54, 1.807) is 11.8 Å². The molecule has 0 saturated carbocycles. The molecule has 94 valence electrons. The van der Waals surface area contributed by atoms with E-state index in [-0.39, 0.29) is 6.61 Å². The Balaban J connectivity index is 3.84. The van der Waals surface area contributed by atoms with Gasteiger partial charge in [-0.05, 0) is 44.6 Å². The van der Waals surface area contributed by atoms with Crippen molar-refractivity contribution in [3.63, 3.8) is 0 Å². The number of thioether (sulfide) groups is 1. The molecule has 0 rings (SSSR count). The molecule has 2 unspecified atom stereocenters. The summed E-state index contributed by atoms with van der Waals surface area (Å²) in [6.07, 6.45) is 0.838. The maximum atomic E-state index is 9.13. The van der Waals surface area contributed by atoms with Crippen molar-refractivity contribution in [2.75, 3.05) is 18.1 Å². The predicted molar refractivity (Wildman–Crippen MR) is 70.5 cm³/mol. The minimum atomic E-state index is -0.427. The molecule has 0 amide bonds. The van der Waals surface area contributed by atoms with Crippen molar-refractivity contribution >= 4 is 11.8 Å². The van der Waals surface area contributed by atoms with Crippen LogP contribution in [0.4, 0.5) is 0 Å². The van der Waals surface area contributed by atoms with Crippen LogP contribution in [0.3, 0.4) is 0 Å². The summed E-state index contributed by atoms with van der Waals surface area (Å²) in [4.78, 5) is 0. The maximum Gasteiger partial charge on any atom is 0.104 e. The number of hydrogen-bond donors (Lipinski definition) is 2. The van der Waals surface area contributed by atoms with Gasteiger partial charge >= 0.3 is 0 Å². The molecule has 0 saturated heterocycles. The molecule has 0 aliphatic carbocycles. The summed E-state index contributed by atoms with van der Waals surface area (Å²) < 4.78 is 0. The van der Waals surface area contributed by atoms with Crippen LogP contribution in [0.1, 0.15) is 34.1 Å². The lowest BCUT2D eigenvalue weighted by atomic mass is 10.0. The summed E-state index contributed by atoms with van der Waals surface area (Å²) >= 11 is 1.80. The minimum absolute atomic E-state index is 0.243. The number of aliphatic hydroxyl groups is 1.